The van der Waals surface area contributed by atoms with Gasteiger partial charge in [0.15, 0.2) is 5.13 Å². The number of hydrogen-bond acceptors (Lipinski definition) is 6. The largest absolute Gasteiger partial charge is 0.321 e. The van der Waals surface area contributed by atoms with Crippen molar-refractivity contribution in [2.24, 2.45) is 0 Å². The minimum atomic E-state index is -0.472. The molecule has 5 rings (SSSR count). The van der Waals surface area contributed by atoms with Gasteiger partial charge in [0.05, 0.1) is 10.9 Å². The minimum Gasteiger partial charge on any atom is -0.321 e. The molecule has 3 N–H and O–H groups in total. The molecule has 1 atom stereocenters. The number of anilines is 2. The highest BCUT2D eigenvalue weighted by molar-refractivity contribution is 9.10. The lowest BCUT2D eigenvalue weighted by Gasteiger charge is -2.14. The van der Waals surface area contributed by atoms with Gasteiger partial charge in [-0.1, -0.05) is 90.4 Å². The highest BCUT2D eigenvalue weighted by atomic mass is 79.9. The molecule has 0 radical (unpaired) electrons. The Kier molecular flexibility index (Phi) is 11.4. The molecule has 0 spiro atoms. The van der Waals surface area contributed by atoms with E-state index in [0.717, 1.165) is 26.2 Å². The average molecular weight is 726 g/mol. The van der Waals surface area contributed by atoms with Gasteiger partial charge in [0.1, 0.15) is 5.70 Å². The van der Waals surface area contributed by atoms with Crippen molar-refractivity contribution in [1.82, 2.24) is 10.3 Å². The summed E-state index contributed by atoms with van der Waals surface area (Å²) >= 11 is 6.17. The summed E-state index contributed by atoms with van der Waals surface area (Å²) < 4.78 is 0.985. The number of carbonyl (C=O) groups is 3. The summed E-state index contributed by atoms with van der Waals surface area (Å²) in [5, 5.41) is 10.6. The number of carbonyl (C=O) groups excluding carboxylic acids is 3. The molecule has 0 fully saturated rings. The third kappa shape index (κ3) is 9.51. The molecule has 0 aliphatic carbocycles. The van der Waals surface area contributed by atoms with E-state index in [0.29, 0.717) is 22.3 Å². The van der Waals surface area contributed by atoms with Gasteiger partial charge in [-0.15, -0.1) is 23.1 Å². The number of benzene rings is 4. The number of nitrogens with one attached hydrogen (secondary N) is 3. The van der Waals surface area contributed by atoms with Crippen molar-refractivity contribution in [3.63, 3.8) is 0 Å². The third-order valence-electron chi connectivity index (χ3n) is 7.09. The van der Waals surface area contributed by atoms with Gasteiger partial charge < -0.3 is 16.0 Å². The molecule has 238 valence electrons. The Balaban J connectivity index is 1.26. The van der Waals surface area contributed by atoms with Crippen LogP contribution in [0.2, 0.25) is 0 Å². The fourth-order valence-corrected chi connectivity index (χ4v) is 6.39. The summed E-state index contributed by atoms with van der Waals surface area (Å²) in [6, 6.07) is 31.7. The van der Waals surface area contributed by atoms with Crippen molar-refractivity contribution < 1.29 is 14.4 Å². The molecule has 0 bridgehead atoms. The third-order valence-corrected chi connectivity index (χ3v) is 9.47. The molecule has 0 aliphatic heterocycles. The van der Waals surface area contributed by atoms with Crippen molar-refractivity contribution in [2.45, 2.75) is 36.8 Å². The number of amides is 3. The Morgan fingerprint density at radius 2 is 1.57 bits per heavy atom. The maximum atomic E-state index is 13.6. The molecule has 1 aromatic heterocycles. The van der Waals surface area contributed by atoms with Crippen LogP contribution in [-0.2, 0) is 9.59 Å². The normalized spacial score (nSPS) is 12.0. The van der Waals surface area contributed by atoms with Crippen LogP contribution in [0.3, 0.4) is 0 Å². The standard InChI is InChI=1S/C37H33BrN4O3S2/c1-23(2)26-14-12-25(13-15-26)20-32(40-35(44)28-8-5-4-6-9-28)36(45)39-30-10-7-11-31(21-30)47-24(3)34(43)42-37-41-33(22-46-37)27-16-18-29(38)19-17-27/h4-24H,1-3H3,(H,39,45)(H,40,44)(H,41,42,43)/b32-20+. The lowest BCUT2D eigenvalue weighted by atomic mass is 10.0. The van der Waals surface area contributed by atoms with E-state index in [2.05, 4.69) is 50.7 Å². The first-order valence-corrected chi connectivity index (χ1v) is 17.5. The molecule has 1 heterocycles. The van der Waals surface area contributed by atoms with Crippen LogP contribution in [0, 0.1) is 0 Å². The van der Waals surface area contributed by atoms with Gasteiger partial charge in [0, 0.05) is 31.6 Å². The molecule has 7 nitrogen and oxygen atoms in total. The van der Waals surface area contributed by atoms with Crippen LogP contribution in [-0.4, -0.2) is 28.0 Å². The molecule has 1 unspecified atom stereocenters. The smallest absolute Gasteiger partial charge is 0.272 e. The predicted molar refractivity (Wildman–Crippen MR) is 197 cm³/mol. The summed E-state index contributed by atoms with van der Waals surface area (Å²) in [5.74, 6) is -0.673. The van der Waals surface area contributed by atoms with Gasteiger partial charge in [-0.3, -0.25) is 14.4 Å². The first kappa shape index (κ1) is 33.8. The molecule has 10 heteroatoms. The number of thiazole rings is 1. The topological polar surface area (TPSA) is 100 Å². The van der Waals surface area contributed by atoms with Crippen LogP contribution in [0.5, 0.6) is 0 Å². The number of thioether (sulfide) groups is 1. The summed E-state index contributed by atoms with van der Waals surface area (Å²) in [5.41, 5.74) is 4.79. The lowest BCUT2D eigenvalue weighted by Crippen LogP contribution is -2.30. The predicted octanol–water partition coefficient (Wildman–Crippen LogP) is 9.22. The maximum Gasteiger partial charge on any atom is 0.272 e. The van der Waals surface area contributed by atoms with Crippen molar-refractivity contribution in [2.75, 3.05) is 10.6 Å². The number of halogens is 1. The second kappa shape index (κ2) is 15.9. The number of aromatic nitrogens is 1. The maximum absolute atomic E-state index is 13.6. The Morgan fingerprint density at radius 1 is 0.851 bits per heavy atom. The molecule has 3 amide bonds. The fourth-order valence-electron chi connectivity index (χ4n) is 4.48. The van der Waals surface area contributed by atoms with E-state index in [1.54, 1.807) is 42.5 Å². The van der Waals surface area contributed by atoms with Gasteiger partial charge in [-0.2, -0.15) is 0 Å². The molecule has 0 saturated heterocycles. The van der Waals surface area contributed by atoms with Crippen molar-refractivity contribution in [3.8, 4) is 11.3 Å². The highest BCUT2D eigenvalue weighted by Crippen LogP contribution is 2.29. The van der Waals surface area contributed by atoms with Crippen molar-refractivity contribution in [1.29, 1.82) is 0 Å². The molecular weight excluding hydrogens is 692 g/mol. The van der Waals surface area contributed by atoms with Gasteiger partial charge in [0.2, 0.25) is 5.91 Å². The zero-order valence-corrected chi connectivity index (χ0v) is 29.2. The zero-order chi connectivity index (χ0) is 33.3. The van der Waals surface area contributed by atoms with E-state index >= 15 is 0 Å². The lowest BCUT2D eigenvalue weighted by molar-refractivity contribution is -0.115. The fraction of sp³-hybridized carbons (Fsp3) is 0.135. The molecular formula is C37H33BrN4O3S2. The van der Waals surface area contributed by atoms with Crippen molar-refractivity contribution >= 4 is 73.6 Å². The molecule has 5 aromatic rings. The summed E-state index contributed by atoms with van der Waals surface area (Å²) in [7, 11) is 0. The van der Waals surface area contributed by atoms with Crippen LogP contribution in [0.4, 0.5) is 10.8 Å². The van der Waals surface area contributed by atoms with Crippen LogP contribution in [0.15, 0.2) is 124 Å². The second-order valence-electron chi connectivity index (χ2n) is 11.0. The van der Waals surface area contributed by atoms with Gasteiger partial charge in [0.25, 0.3) is 11.8 Å². The van der Waals surface area contributed by atoms with E-state index in [1.807, 2.05) is 79.0 Å². The Morgan fingerprint density at radius 3 is 2.28 bits per heavy atom. The van der Waals surface area contributed by atoms with Crippen LogP contribution < -0.4 is 16.0 Å². The SMILES string of the molecule is CC(Sc1cccc(NC(=O)/C(=C\c2ccc(C(C)C)cc2)NC(=O)c2ccccc2)c1)C(=O)Nc1nc(-c2ccc(Br)cc2)cs1. The van der Waals surface area contributed by atoms with E-state index in [1.165, 1.54) is 28.7 Å². The number of rotatable bonds is 11. The molecule has 47 heavy (non-hydrogen) atoms. The van der Waals surface area contributed by atoms with Crippen LogP contribution in [0.25, 0.3) is 17.3 Å². The first-order chi connectivity index (χ1) is 22.6. The van der Waals surface area contributed by atoms with E-state index < -0.39 is 11.2 Å². The number of hydrogen-bond donors (Lipinski definition) is 3. The second-order valence-corrected chi connectivity index (χ2v) is 14.2. The first-order valence-electron chi connectivity index (χ1n) is 14.9. The van der Waals surface area contributed by atoms with E-state index in [-0.39, 0.29) is 17.5 Å². The van der Waals surface area contributed by atoms with Crippen LogP contribution in [0.1, 0.15) is 48.2 Å². The summed E-state index contributed by atoms with van der Waals surface area (Å²) in [6.07, 6.45) is 1.66. The highest BCUT2D eigenvalue weighted by Gasteiger charge is 2.18. The van der Waals surface area contributed by atoms with Crippen LogP contribution >= 0.6 is 39.0 Å². The summed E-state index contributed by atoms with van der Waals surface area (Å²) in [6.45, 7) is 6.05. The van der Waals surface area contributed by atoms with Crippen molar-refractivity contribution in [3.05, 3.63) is 135 Å². The quantitative estimate of drug-likeness (QED) is 0.0932. The monoisotopic (exact) mass is 724 g/mol. The minimum absolute atomic E-state index is 0.105. The van der Waals surface area contributed by atoms with E-state index in [9.17, 15) is 14.4 Å². The van der Waals surface area contributed by atoms with Gasteiger partial charge in [-0.25, -0.2) is 4.98 Å². The Labute approximate surface area is 291 Å². The Hall–Kier alpha value is -4.51. The zero-order valence-electron chi connectivity index (χ0n) is 26.0. The average Bonchev–Trinajstić information content (AvgIpc) is 3.53. The molecule has 0 aliphatic rings. The summed E-state index contributed by atoms with van der Waals surface area (Å²) in [4.78, 5) is 45.0. The van der Waals surface area contributed by atoms with Gasteiger partial charge >= 0.3 is 0 Å². The molecule has 4 aromatic carbocycles. The van der Waals surface area contributed by atoms with Gasteiger partial charge in [-0.05, 0) is 72.5 Å². The van der Waals surface area contributed by atoms with E-state index in [4.69, 9.17) is 0 Å². The Bertz CT molecular complexity index is 1890. The molecule has 0 saturated carbocycles. The number of nitrogens with zero attached hydrogens (tertiary/aromatic N) is 1.